The Kier molecular flexibility index (Phi) is 7.49. The second-order valence-corrected chi connectivity index (χ2v) is 6.72. The minimum Gasteiger partial charge on any atom is -0.462 e. The first-order valence-electron chi connectivity index (χ1n) is 9.76. The van der Waals surface area contributed by atoms with Crippen LogP contribution in [0.4, 0.5) is 10.5 Å². The lowest BCUT2D eigenvalue weighted by atomic mass is 10.2. The number of urea groups is 1. The number of ether oxygens (including phenoxy) is 1. The number of benzene rings is 1. The van der Waals surface area contributed by atoms with E-state index < -0.39 is 0 Å². The van der Waals surface area contributed by atoms with Gasteiger partial charge in [-0.05, 0) is 60.0 Å². The average Bonchev–Trinajstić information content (AvgIpc) is 2.79. The van der Waals surface area contributed by atoms with E-state index in [0.717, 1.165) is 17.5 Å². The van der Waals surface area contributed by atoms with E-state index in [9.17, 15) is 9.59 Å². The summed E-state index contributed by atoms with van der Waals surface area (Å²) in [5.74, 6) is -0.370. The quantitative estimate of drug-likeness (QED) is 0.567. The van der Waals surface area contributed by atoms with Crippen molar-refractivity contribution in [3.8, 4) is 0 Å². The van der Waals surface area contributed by atoms with Crippen molar-refractivity contribution in [2.75, 3.05) is 11.9 Å². The van der Waals surface area contributed by atoms with E-state index in [-0.39, 0.29) is 12.0 Å². The highest BCUT2D eigenvalue weighted by Crippen LogP contribution is 2.15. The molecule has 2 amide bonds. The van der Waals surface area contributed by atoms with E-state index in [2.05, 4.69) is 15.3 Å². The summed E-state index contributed by atoms with van der Waals surface area (Å²) in [5.41, 5.74) is 2.94. The number of carbonyl (C=O) groups is 2. The molecular weight excluding hydrogens is 380 g/mol. The van der Waals surface area contributed by atoms with Crippen LogP contribution in [-0.4, -0.2) is 33.5 Å². The van der Waals surface area contributed by atoms with E-state index in [4.69, 9.17) is 4.74 Å². The van der Waals surface area contributed by atoms with Gasteiger partial charge >= 0.3 is 12.0 Å². The van der Waals surface area contributed by atoms with E-state index in [0.29, 0.717) is 30.9 Å². The summed E-state index contributed by atoms with van der Waals surface area (Å²) in [7, 11) is 0. The lowest BCUT2D eigenvalue weighted by molar-refractivity contribution is 0.0505. The van der Waals surface area contributed by atoms with E-state index in [1.54, 1.807) is 54.0 Å². The lowest BCUT2D eigenvalue weighted by Crippen LogP contribution is -2.34. The molecule has 7 nitrogen and oxygen atoms in total. The van der Waals surface area contributed by atoms with Crippen LogP contribution in [0.2, 0.25) is 0 Å². The van der Waals surface area contributed by atoms with Gasteiger partial charge in [0, 0.05) is 43.6 Å². The molecule has 30 heavy (non-hydrogen) atoms. The summed E-state index contributed by atoms with van der Waals surface area (Å²) in [4.78, 5) is 34.7. The van der Waals surface area contributed by atoms with Gasteiger partial charge in [-0.2, -0.15) is 0 Å². The number of nitrogens with zero attached hydrogens (tertiary/aromatic N) is 3. The predicted octanol–water partition coefficient (Wildman–Crippen LogP) is 4.28. The Bertz CT molecular complexity index is 906. The normalized spacial score (nSPS) is 10.3. The summed E-state index contributed by atoms with van der Waals surface area (Å²) in [6, 6.07) is 13.9. The van der Waals surface area contributed by atoms with Crippen LogP contribution in [0.25, 0.3) is 0 Å². The molecule has 154 valence electrons. The van der Waals surface area contributed by atoms with Crippen LogP contribution < -0.4 is 5.32 Å². The van der Waals surface area contributed by atoms with Gasteiger partial charge in [-0.15, -0.1) is 0 Å². The van der Waals surface area contributed by atoms with Gasteiger partial charge in [0.2, 0.25) is 0 Å². The molecule has 0 spiro atoms. The molecule has 0 fully saturated rings. The van der Waals surface area contributed by atoms with Crippen LogP contribution in [0.1, 0.15) is 34.8 Å². The Hall–Kier alpha value is -3.74. The number of hydrogen-bond donors (Lipinski definition) is 1. The van der Waals surface area contributed by atoms with Crippen molar-refractivity contribution in [3.05, 3.63) is 90.0 Å². The second kappa shape index (κ2) is 10.7. The van der Waals surface area contributed by atoms with Crippen LogP contribution in [0.3, 0.4) is 0 Å². The number of anilines is 1. The van der Waals surface area contributed by atoms with E-state index >= 15 is 0 Å². The predicted molar refractivity (Wildman–Crippen MR) is 114 cm³/mol. The molecule has 0 unspecified atom stereocenters. The Morgan fingerprint density at radius 2 is 1.67 bits per heavy atom. The maximum absolute atomic E-state index is 13.0. The van der Waals surface area contributed by atoms with Gasteiger partial charge in [-0.3, -0.25) is 9.97 Å². The van der Waals surface area contributed by atoms with Crippen molar-refractivity contribution in [1.29, 1.82) is 0 Å². The number of hydrogen-bond acceptors (Lipinski definition) is 5. The molecule has 0 bridgehead atoms. The first-order chi connectivity index (χ1) is 14.7. The summed E-state index contributed by atoms with van der Waals surface area (Å²) in [6.07, 6.45) is 7.61. The Balaban J connectivity index is 1.70. The molecule has 2 heterocycles. The van der Waals surface area contributed by atoms with Crippen LogP contribution in [-0.2, 0) is 17.8 Å². The van der Waals surface area contributed by atoms with Crippen molar-refractivity contribution in [2.45, 2.75) is 26.4 Å². The SMILES string of the molecule is CCCOC(=O)c1ccc(NC(=O)N(Cc2ccncc2)Cc2cccnc2)cc1. The molecular formula is C23H24N4O3. The van der Waals surface area contributed by atoms with Crippen molar-refractivity contribution in [2.24, 2.45) is 0 Å². The fourth-order valence-electron chi connectivity index (χ4n) is 2.79. The van der Waals surface area contributed by atoms with Gasteiger partial charge in [0.05, 0.1) is 12.2 Å². The molecule has 0 atom stereocenters. The maximum Gasteiger partial charge on any atom is 0.338 e. The minimum atomic E-state index is -0.370. The molecule has 0 aliphatic heterocycles. The smallest absolute Gasteiger partial charge is 0.338 e. The molecule has 0 radical (unpaired) electrons. The van der Waals surface area contributed by atoms with Crippen molar-refractivity contribution in [1.82, 2.24) is 14.9 Å². The standard InChI is InChI=1S/C23H24N4O3/c1-2-14-30-22(28)20-5-7-21(8-6-20)26-23(29)27(16-18-9-12-24-13-10-18)17-19-4-3-11-25-15-19/h3-13,15H,2,14,16-17H2,1H3,(H,26,29). The summed E-state index contributed by atoms with van der Waals surface area (Å²) in [6.45, 7) is 3.15. The Labute approximate surface area is 175 Å². The van der Waals surface area contributed by atoms with Crippen molar-refractivity contribution >= 4 is 17.7 Å². The second-order valence-electron chi connectivity index (χ2n) is 6.72. The Morgan fingerprint density at radius 1 is 0.933 bits per heavy atom. The number of rotatable bonds is 8. The minimum absolute atomic E-state index is 0.253. The van der Waals surface area contributed by atoms with Crippen LogP contribution in [0.5, 0.6) is 0 Å². The molecule has 1 aromatic carbocycles. The molecule has 0 saturated carbocycles. The zero-order chi connectivity index (χ0) is 21.2. The zero-order valence-corrected chi connectivity index (χ0v) is 16.8. The highest BCUT2D eigenvalue weighted by molar-refractivity contribution is 5.92. The maximum atomic E-state index is 13.0. The third-order valence-electron chi connectivity index (χ3n) is 4.32. The summed E-state index contributed by atoms with van der Waals surface area (Å²) >= 11 is 0. The molecule has 2 aromatic heterocycles. The van der Waals surface area contributed by atoms with Gasteiger partial charge in [-0.1, -0.05) is 13.0 Å². The number of aromatic nitrogens is 2. The van der Waals surface area contributed by atoms with Crippen LogP contribution in [0.15, 0.2) is 73.3 Å². The number of esters is 1. The first kappa shape index (κ1) is 21.0. The number of nitrogens with one attached hydrogen (secondary N) is 1. The summed E-state index contributed by atoms with van der Waals surface area (Å²) in [5, 5.41) is 2.89. The molecule has 7 heteroatoms. The molecule has 3 aromatic rings. The number of amides is 2. The van der Waals surface area contributed by atoms with Crippen LogP contribution in [0, 0.1) is 0 Å². The third kappa shape index (κ3) is 6.13. The first-order valence-corrected chi connectivity index (χ1v) is 9.76. The van der Waals surface area contributed by atoms with Gasteiger partial charge in [-0.25, -0.2) is 9.59 Å². The van der Waals surface area contributed by atoms with Crippen LogP contribution >= 0.6 is 0 Å². The third-order valence-corrected chi connectivity index (χ3v) is 4.32. The molecule has 0 aliphatic carbocycles. The zero-order valence-electron chi connectivity index (χ0n) is 16.8. The van der Waals surface area contributed by atoms with E-state index in [1.807, 2.05) is 31.2 Å². The highest BCUT2D eigenvalue weighted by Gasteiger charge is 2.16. The topological polar surface area (TPSA) is 84.4 Å². The number of carbonyl (C=O) groups excluding carboxylic acids is 2. The van der Waals surface area contributed by atoms with Crippen molar-refractivity contribution in [3.63, 3.8) is 0 Å². The monoisotopic (exact) mass is 404 g/mol. The van der Waals surface area contributed by atoms with Gasteiger partial charge in [0.25, 0.3) is 0 Å². The molecule has 0 aliphatic rings. The van der Waals surface area contributed by atoms with Gasteiger partial charge in [0.15, 0.2) is 0 Å². The molecule has 3 rings (SSSR count). The fraction of sp³-hybridized carbons (Fsp3) is 0.217. The molecule has 0 saturated heterocycles. The molecule has 1 N–H and O–H groups in total. The van der Waals surface area contributed by atoms with Gasteiger partial charge in [0.1, 0.15) is 0 Å². The van der Waals surface area contributed by atoms with E-state index in [1.165, 1.54) is 0 Å². The fourth-order valence-corrected chi connectivity index (χ4v) is 2.79. The number of pyridine rings is 2. The van der Waals surface area contributed by atoms with Crippen molar-refractivity contribution < 1.29 is 14.3 Å². The lowest BCUT2D eigenvalue weighted by Gasteiger charge is -2.23. The average molecular weight is 404 g/mol. The highest BCUT2D eigenvalue weighted by atomic mass is 16.5. The van der Waals surface area contributed by atoms with Gasteiger partial charge < -0.3 is 15.0 Å². The Morgan fingerprint density at radius 3 is 2.33 bits per heavy atom. The summed E-state index contributed by atoms with van der Waals surface area (Å²) < 4.78 is 5.12. The largest absolute Gasteiger partial charge is 0.462 e.